The second kappa shape index (κ2) is 9.53. The van der Waals surface area contributed by atoms with E-state index >= 15 is 0 Å². The summed E-state index contributed by atoms with van der Waals surface area (Å²) in [5, 5.41) is 16.3. The number of hydrogen-bond acceptors (Lipinski definition) is 5. The standard InChI is InChI=1S/C26H37N3O4S/c1-6-10-27-23(31)20-19-12-16(5)26(34-19)21(20)25(33)29(17(7-2)13-30)22(26)24(32)28-18-11-14(3)8-9-15(18)4/h8-9,11,16-17,19-22,30H,6-7,10,12-13H2,1-5H3,(H,27,31)(H,28,32)/t16?,17-,19+,20-,21-,22?,26?/m0/s1. The van der Waals surface area contributed by atoms with Gasteiger partial charge in [0.05, 0.1) is 29.2 Å². The zero-order chi connectivity index (χ0) is 24.8. The quantitative estimate of drug-likeness (QED) is 0.524. The van der Waals surface area contributed by atoms with E-state index in [-0.39, 0.29) is 35.5 Å². The van der Waals surface area contributed by atoms with Crippen LogP contribution in [0, 0.1) is 31.6 Å². The fourth-order valence-electron chi connectivity index (χ4n) is 6.30. The fourth-order valence-corrected chi connectivity index (χ4v) is 8.71. The minimum absolute atomic E-state index is 0.0214. The number of likely N-dealkylation sites (tertiary alicyclic amines) is 1. The molecular formula is C26H37N3O4S. The highest BCUT2D eigenvalue weighted by Gasteiger charge is 2.76. The number of aryl methyl sites for hydroxylation is 2. The fraction of sp³-hybridized carbons (Fsp3) is 0.654. The highest BCUT2D eigenvalue weighted by atomic mass is 32.2. The first-order chi connectivity index (χ1) is 16.2. The van der Waals surface area contributed by atoms with Crippen LogP contribution >= 0.6 is 11.8 Å². The molecule has 186 valence electrons. The molecule has 3 aliphatic rings. The molecule has 3 fully saturated rings. The summed E-state index contributed by atoms with van der Waals surface area (Å²) in [5.74, 6) is -1.39. The van der Waals surface area contributed by atoms with Gasteiger partial charge in [0, 0.05) is 17.5 Å². The van der Waals surface area contributed by atoms with Crippen molar-refractivity contribution in [1.29, 1.82) is 0 Å². The zero-order valence-corrected chi connectivity index (χ0v) is 21.6. The van der Waals surface area contributed by atoms with Crippen molar-refractivity contribution in [3.05, 3.63) is 29.3 Å². The Morgan fingerprint density at radius 2 is 2.00 bits per heavy atom. The number of hydrogen-bond donors (Lipinski definition) is 3. The molecule has 1 aromatic rings. The van der Waals surface area contributed by atoms with Crippen LogP contribution in [0.4, 0.5) is 5.69 Å². The van der Waals surface area contributed by atoms with Crippen LogP contribution in [0.25, 0.3) is 0 Å². The lowest BCUT2D eigenvalue weighted by Gasteiger charge is -2.40. The normalized spacial score (nSPS) is 32.6. The van der Waals surface area contributed by atoms with Crippen molar-refractivity contribution in [2.24, 2.45) is 17.8 Å². The third-order valence-electron chi connectivity index (χ3n) is 8.01. The molecule has 3 heterocycles. The predicted molar refractivity (Wildman–Crippen MR) is 135 cm³/mol. The number of carbonyl (C=O) groups is 3. The van der Waals surface area contributed by atoms with Gasteiger partial charge in [-0.25, -0.2) is 0 Å². The summed E-state index contributed by atoms with van der Waals surface area (Å²) in [4.78, 5) is 42.8. The predicted octanol–water partition coefficient (Wildman–Crippen LogP) is 2.88. The molecule has 0 aromatic heterocycles. The molecule has 1 spiro atoms. The maximum absolute atomic E-state index is 14.0. The van der Waals surface area contributed by atoms with Crippen molar-refractivity contribution in [2.45, 2.75) is 76.0 Å². The van der Waals surface area contributed by atoms with Gasteiger partial charge in [-0.05, 0) is 56.2 Å². The Morgan fingerprint density at radius 3 is 2.65 bits per heavy atom. The van der Waals surface area contributed by atoms with Gasteiger partial charge in [0.25, 0.3) is 0 Å². The van der Waals surface area contributed by atoms with Gasteiger partial charge in [0.1, 0.15) is 6.04 Å². The Morgan fingerprint density at radius 1 is 1.26 bits per heavy atom. The Kier molecular flexibility index (Phi) is 7.02. The number of aliphatic hydroxyl groups is 1. The second-order valence-corrected chi connectivity index (χ2v) is 11.7. The minimum Gasteiger partial charge on any atom is -0.394 e. The summed E-state index contributed by atoms with van der Waals surface area (Å²) in [6.45, 7) is 10.3. The van der Waals surface area contributed by atoms with Crippen molar-refractivity contribution in [3.63, 3.8) is 0 Å². The molecule has 3 saturated heterocycles. The van der Waals surface area contributed by atoms with E-state index in [0.717, 1.165) is 29.7 Å². The molecule has 7 atom stereocenters. The van der Waals surface area contributed by atoms with Gasteiger partial charge in [0.2, 0.25) is 17.7 Å². The number of aliphatic hydroxyl groups excluding tert-OH is 1. The molecule has 4 rings (SSSR count). The summed E-state index contributed by atoms with van der Waals surface area (Å²) in [7, 11) is 0. The molecule has 3 aliphatic heterocycles. The van der Waals surface area contributed by atoms with E-state index in [2.05, 4.69) is 17.6 Å². The summed E-state index contributed by atoms with van der Waals surface area (Å²) >= 11 is 1.66. The zero-order valence-electron chi connectivity index (χ0n) is 20.8. The molecule has 3 N–H and O–H groups in total. The van der Waals surface area contributed by atoms with Crippen LogP contribution < -0.4 is 10.6 Å². The average Bonchev–Trinajstić information content (AvgIpc) is 3.39. The first kappa shape index (κ1) is 25.0. The molecule has 2 bridgehead atoms. The monoisotopic (exact) mass is 487 g/mol. The van der Waals surface area contributed by atoms with E-state index < -0.39 is 28.7 Å². The number of benzene rings is 1. The third-order valence-corrected chi connectivity index (χ3v) is 10.1. The van der Waals surface area contributed by atoms with Gasteiger partial charge in [-0.1, -0.05) is 32.9 Å². The summed E-state index contributed by atoms with van der Waals surface area (Å²) < 4.78 is -0.680. The number of carbonyl (C=O) groups excluding carboxylic acids is 3. The van der Waals surface area contributed by atoms with E-state index in [1.807, 2.05) is 45.9 Å². The summed E-state index contributed by atoms with van der Waals surface area (Å²) in [6.07, 6.45) is 2.16. The molecule has 0 aliphatic carbocycles. The van der Waals surface area contributed by atoms with Gasteiger partial charge in [-0.2, -0.15) is 0 Å². The van der Waals surface area contributed by atoms with Crippen molar-refractivity contribution in [3.8, 4) is 0 Å². The van der Waals surface area contributed by atoms with Crippen LogP contribution in [0.2, 0.25) is 0 Å². The van der Waals surface area contributed by atoms with Crippen LogP contribution in [0.5, 0.6) is 0 Å². The number of nitrogens with one attached hydrogen (secondary N) is 2. The second-order valence-electron chi connectivity index (χ2n) is 10.1. The molecule has 3 unspecified atom stereocenters. The number of nitrogens with zero attached hydrogens (tertiary/aromatic N) is 1. The topological polar surface area (TPSA) is 98.7 Å². The average molecular weight is 488 g/mol. The van der Waals surface area contributed by atoms with Gasteiger partial charge in [-0.15, -0.1) is 11.8 Å². The highest BCUT2D eigenvalue weighted by Crippen LogP contribution is 2.68. The SMILES string of the molecule is CCCNC(=O)[C@@H]1[C@H]2C(=O)N([C@@H](CC)CO)C(C(=O)Nc3cc(C)ccc3C)C23S[C@@H]1CC3C. The highest BCUT2D eigenvalue weighted by molar-refractivity contribution is 8.02. The Balaban J connectivity index is 1.77. The van der Waals surface area contributed by atoms with Crippen molar-refractivity contribution < 1.29 is 19.5 Å². The number of thioether (sulfide) groups is 1. The number of rotatable bonds is 8. The molecule has 1 aromatic carbocycles. The van der Waals surface area contributed by atoms with Crippen LogP contribution in [-0.4, -0.2) is 63.0 Å². The maximum atomic E-state index is 14.0. The molecule has 7 nitrogen and oxygen atoms in total. The molecule has 3 amide bonds. The Bertz CT molecular complexity index is 981. The van der Waals surface area contributed by atoms with Crippen LogP contribution in [0.3, 0.4) is 0 Å². The number of anilines is 1. The van der Waals surface area contributed by atoms with Gasteiger partial charge in [-0.3, -0.25) is 14.4 Å². The molecule has 0 saturated carbocycles. The maximum Gasteiger partial charge on any atom is 0.248 e. The first-order valence-electron chi connectivity index (χ1n) is 12.5. The lowest BCUT2D eigenvalue weighted by atomic mass is 9.66. The van der Waals surface area contributed by atoms with Crippen molar-refractivity contribution in [1.82, 2.24) is 10.2 Å². The molecular weight excluding hydrogens is 450 g/mol. The van der Waals surface area contributed by atoms with Gasteiger partial charge < -0.3 is 20.6 Å². The number of amides is 3. The Labute approximate surface area is 206 Å². The van der Waals surface area contributed by atoms with Gasteiger partial charge in [0.15, 0.2) is 0 Å². The number of fused-ring (bicyclic) bond motifs is 1. The van der Waals surface area contributed by atoms with E-state index in [1.54, 1.807) is 16.7 Å². The lowest BCUT2D eigenvalue weighted by Crippen LogP contribution is -2.57. The molecule has 34 heavy (non-hydrogen) atoms. The van der Waals surface area contributed by atoms with E-state index in [0.29, 0.717) is 13.0 Å². The van der Waals surface area contributed by atoms with Crippen molar-refractivity contribution in [2.75, 3.05) is 18.5 Å². The smallest absolute Gasteiger partial charge is 0.248 e. The lowest BCUT2D eigenvalue weighted by molar-refractivity contribution is -0.142. The summed E-state index contributed by atoms with van der Waals surface area (Å²) in [6, 6.07) is 4.71. The van der Waals surface area contributed by atoms with Crippen LogP contribution in [0.15, 0.2) is 18.2 Å². The minimum atomic E-state index is -0.740. The summed E-state index contributed by atoms with van der Waals surface area (Å²) in [5.41, 5.74) is 2.72. The van der Waals surface area contributed by atoms with Gasteiger partial charge >= 0.3 is 0 Å². The molecule has 8 heteroatoms. The largest absolute Gasteiger partial charge is 0.394 e. The van der Waals surface area contributed by atoms with E-state index in [1.165, 1.54) is 0 Å². The molecule has 0 radical (unpaired) electrons. The Hall–Kier alpha value is -2.06. The van der Waals surface area contributed by atoms with Crippen molar-refractivity contribution >= 4 is 35.2 Å². The van der Waals surface area contributed by atoms with Crippen LogP contribution in [-0.2, 0) is 14.4 Å². The van der Waals surface area contributed by atoms with E-state index in [4.69, 9.17) is 0 Å². The van der Waals surface area contributed by atoms with E-state index in [9.17, 15) is 19.5 Å². The van der Waals surface area contributed by atoms with Crippen LogP contribution in [0.1, 0.15) is 51.2 Å². The first-order valence-corrected chi connectivity index (χ1v) is 13.4. The third kappa shape index (κ3) is 3.73.